The Morgan fingerprint density at radius 3 is 2.22 bits per heavy atom. The summed E-state index contributed by atoms with van der Waals surface area (Å²) in [5.41, 5.74) is 6.06. The molecule has 0 aliphatic heterocycles. The van der Waals surface area contributed by atoms with Crippen LogP contribution in [0.4, 0.5) is 0 Å². The Morgan fingerprint density at radius 1 is 0.889 bits per heavy atom. The van der Waals surface area contributed by atoms with E-state index in [1.807, 2.05) is 103 Å². The topological polar surface area (TPSA) is 55.6 Å². The van der Waals surface area contributed by atoms with Crippen molar-refractivity contribution in [1.29, 1.82) is 0 Å². The number of methoxy groups -OCH3 is 1. The summed E-state index contributed by atoms with van der Waals surface area (Å²) in [7, 11) is 1.65. The molecule has 0 unspecified atom stereocenters. The van der Waals surface area contributed by atoms with Gasteiger partial charge in [-0.3, -0.25) is 4.79 Å². The number of pyridine rings is 1. The molecule has 0 fully saturated rings. The standard InChI is InChI=1S/C31H29N3O2/c1-22-16-17-34-28(21-32-29(34)18-22)27(25-14-9-15-26(19-25)36-2)20-30(35)33-31(23-10-5-3-6-11-23)24-12-7-4-8-13-24/h3-19,21,27,31H,20H2,1-2H3,(H,33,35)/t27-/m1/s1. The van der Waals surface area contributed by atoms with Gasteiger partial charge in [0.2, 0.25) is 5.91 Å². The molecule has 2 heterocycles. The van der Waals surface area contributed by atoms with Crippen LogP contribution in [0.2, 0.25) is 0 Å². The second-order valence-electron chi connectivity index (χ2n) is 8.97. The molecule has 3 aromatic carbocycles. The van der Waals surface area contributed by atoms with Crippen molar-refractivity contribution in [3.63, 3.8) is 0 Å². The number of nitrogens with zero attached hydrogens (tertiary/aromatic N) is 2. The molecule has 180 valence electrons. The number of amides is 1. The lowest BCUT2D eigenvalue weighted by molar-refractivity contribution is -0.121. The third-order valence-corrected chi connectivity index (χ3v) is 6.51. The van der Waals surface area contributed by atoms with E-state index < -0.39 is 0 Å². The highest BCUT2D eigenvalue weighted by atomic mass is 16.5. The summed E-state index contributed by atoms with van der Waals surface area (Å²) in [6.45, 7) is 2.05. The van der Waals surface area contributed by atoms with E-state index in [9.17, 15) is 4.79 Å². The van der Waals surface area contributed by atoms with E-state index in [-0.39, 0.29) is 24.3 Å². The van der Waals surface area contributed by atoms with Crippen molar-refractivity contribution in [2.24, 2.45) is 0 Å². The maximum absolute atomic E-state index is 13.7. The van der Waals surface area contributed by atoms with Gasteiger partial charge in [-0.15, -0.1) is 0 Å². The molecule has 1 N–H and O–H groups in total. The summed E-state index contributed by atoms with van der Waals surface area (Å²) in [6, 6.07) is 31.9. The van der Waals surface area contributed by atoms with E-state index in [0.717, 1.165) is 39.3 Å². The van der Waals surface area contributed by atoms with Crippen molar-refractivity contribution in [1.82, 2.24) is 14.7 Å². The summed E-state index contributed by atoms with van der Waals surface area (Å²) in [5, 5.41) is 3.30. The van der Waals surface area contributed by atoms with E-state index in [1.54, 1.807) is 7.11 Å². The summed E-state index contributed by atoms with van der Waals surface area (Å²) < 4.78 is 7.55. The first kappa shape index (κ1) is 23.4. The Bertz CT molecular complexity index is 1420. The number of imidazole rings is 1. The zero-order valence-corrected chi connectivity index (χ0v) is 20.5. The molecule has 0 saturated heterocycles. The molecule has 1 atom stereocenters. The van der Waals surface area contributed by atoms with Crippen LogP contribution in [0.5, 0.6) is 5.75 Å². The number of carbonyl (C=O) groups excluding carboxylic acids is 1. The molecule has 5 rings (SSSR count). The summed E-state index contributed by atoms with van der Waals surface area (Å²) >= 11 is 0. The number of benzene rings is 3. The number of aryl methyl sites for hydroxylation is 1. The Balaban J connectivity index is 1.50. The van der Waals surface area contributed by atoms with Crippen LogP contribution in [0.15, 0.2) is 109 Å². The number of nitrogens with one attached hydrogen (secondary N) is 1. The number of hydrogen-bond acceptors (Lipinski definition) is 3. The van der Waals surface area contributed by atoms with E-state index >= 15 is 0 Å². The molecular formula is C31H29N3O2. The van der Waals surface area contributed by atoms with Gasteiger partial charge in [-0.05, 0) is 53.4 Å². The smallest absolute Gasteiger partial charge is 0.221 e. The second-order valence-corrected chi connectivity index (χ2v) is 8.97. The average molecular weight is 476 g/mol. The summed E-state index contributed by atoms with van der Waals surface area (Å²) in [4.78, 5) is 18.3. The van der Waals surface area contributed by atoms with Crippen LogP contribution in [-0.4, -0.2) is 22.4 Å². The number of rotatable bonds is 8. The van der Waals surface area contributed by atoms with Gasteiger partial charge in [-0.25, -0.2) is 4.98 Å². The Morgan fingerprint density at radius 2 is 1.56 bits per heavy atom. The van der Waals surface area contributed by atoms with Gasteiger partial charge in [0.15, 0.2) is 0 Å². The van der Waals surface area contributed by atoms with Gasteiger partial charge < -0.3 is 14.5 Å². The first-order chi connectivity index (χ1) is 17.6. The zero-order valence-electron chi connectivity index (χ0n) is 20.5. The first-order valence-corrected chi connectivity index (χ1v) is 12.1. The SMILES string of the molecule is COc1cccc([C@@H](CC(=O)NC(c2ccccc2)c2ccccc2)c2cnc3cc(C)ccn23)c1. The minimum atomic E-state index is -0.240. The number of hydrogen-bond donors (Lipinski definition) is 1. The van der Waals surface area contributed by atoms with Crippen molar-refractivity contribution in [3.05, 3.63) is 137 Å². The minimum absolute atomic E-state index is 0.0393. The Kier molecular flexibility index (Phi) is 6.80. The third-order valence-electron chi connectivity index (χ3n) is 6.51. The molecule has 1 amide bonds. The average Bonchev–Trinajstić information content (AvgIpc) is 3.34. The fourth-order valence-corrected chi connectivity index (χ4v) is 4.67. The van der Waals surface area contributed by atoms with Crippen LogP contribution >= 0.6 is 0 Å². The fourth-order valence-electron chi connectivity index (χ4n) is 4.67. The zero-order chi connectivity index (χ0) is 24.9. The number of ether oxygens (including phenoxy) is 1. The Labute approximate surface area is 211 Å². The van der Waals surface area contributed by atoms with Crippen LogP contribution in [0, 0.1) is 6.92 Å². The van der Waals surface area contributed by atoms with Crippen molar-refractivity contribution < 1.29 is 9.53 Å². The fraction of sp³-hybridized carbons (Fsp3) is 0.161. The predicted octanol–water partition coefficient (Wildman–Crippen LogP) is 6.08. The van der Waals surface area contributed by atoms with E-state index in [2.05, 4.69) is 27.7 Å². The summed E-state index contributed by atoms with van der Waals surface area (Å²) in [5.74, 6) is 0.515. The maximum Gasteiger partial charge on any atom is 0.221 e. The quantitative estimate of drug-likeness (QED) is 0.296. The van der Waals surface area contributed by atoms with Gasteiger partial charge in [0, 0.05) is 24.7 Å². The Hall–Kier alpha value is -4.38. The van der Waals surface area contributed by atoms with E-state index in [4.69, 9.17) is 4.74 Å². The lowest BCUT2D eigenvalue weighted by atomic mass is 9.91. The van der Waals surface area contributed by atoms with Crippen LogP contribution in [0.25, 0.3) is 5.65 Å². The summed E-state index contributed by atoms with van der Waals surface area (Å²) in [6.07, 6.45) is 4.16. The minimum Gasteiger partial charge on any atom is -0.497 e. The van der Waals surface area contributed by atoms with Crippen molar-refractivity contribution in [3.8, 4) is 5.75 Å². The molecule has 5 nitrogen and oxygen atoms in total. The van der Waals surface area contributed by atoms with Gasteiger partial charge in [0.25, 0.3) is 0 Å². The molecule has 36 heavy (non-hydrogen) atoms. The number of fused-ring (bicyclic) bond motifs is 1. The highest BCUT2D eigenvalue weighted by Crippen LogP contribution is 2.32. The predicted molar refractivity (Wildman–Crippen MR) is 142 cm³/mol. The molecule has 0 radical (unpaired) electrons. The van der Waals surface area contributed by atoms with Crippen LogP contribution < -0.4 is 10.1 Å². The molecular weight excluding hydrogens is 446 g/mol. The molecule has 0 bridgehead atoms. The molecule has 5 heteroatoms. The molecule has 0 aliphatic carbocycles. The lowest BCUT2D eigenvalue weighted by Gasteiger charge is -2.23. The van der Waals surface area contributed by atoms with Gasteiger partial charge in [-0.2, -0.15) is 0 Å². The molecule has 2 aromatic heterocycles. The lowest BCUT2D eigenvalue weighted by Crippen LogP contribution is -2.30. The molecule has 0 spiro atoms. The van der Waals surface area contributed by atoms with Crippen LogP contribution in [-0.2, 0) is 4.79 Å². The maximum atomic E-state index is 13.7. The van der Waals surface area contributed by atoms with Crippen molar-refractivity contribution in [2.45, 2.75) is 25.3 Å². The largest absolute Gasteiger partial charge is 0.497 e. The molecule has 5 aromatic rings. The van der Waals surface area contributed by atoms with Crippen molar-refractivity contribution >= 4 is 11.6 Å². The molecule has 0 saturated carbocycles. The highest BCUT2D eigenvalue weighted by Gasteiger charge is 2.25. The van der Waals surface area contributed by atoms with Crippen molar-refractivity contribution in [2.75, 3.05) is 7.11 Å². The second kappa shape index (κ2) is 10.5. The van der Waals surface area contributed by atoms with Gasteiger partial charge in [0.1, 0.15) is 11.4 Å². The van der Waals surface area contributed by atoms with E-state index in [0.29, 0.717) is 0 Å². The van der Waals surface area contributed by atoms with Crippen LogP contribution in [0.1, 0.15) is 46.3 Å². The first-order valence-electron chi connectivity index (χ1n) is 12.1. The van der Waals surface area contributed by atoms with Gasteiger partial charge >= 0.3 is 0 Å². The van der Waals surface area contributed by atoms with Gasteiger partial charge in [-0.1, -0.05) is 72.8 Å². The van der Waals surface area contributed by atoms with Gasteiger partial charge in [0.05, 0.1) is 18.8 Å². The highest BCUT2D eigenvalue weighted by molar-refractivity contribution is 5.78. The number of carbonyl (C=O) groups is 1. The van der Waals surface area contributed by atoms with Crippen LogP contribution in [0.3, 0.4) is 0 Å². The molecule has 0 aliphatic rings. The third kappa shape index (κ3) is 5.01. The monoisotopic (exact) mass is 475 g/mol. The normalized spacial score (nSPS) is 12.0. The number of aromatic nitrogens is 2. The van der Waals surface area contributed by atoms with E-state index in [1.165, 1.54) is 0 Å².